The molecule has 2 N–H and O–H groups in total. The normalized spacial score (nSPS) is 18.3. The molecule has 1 fully saturated rings. The van der Waals surface area contributed by atoms with Crippen molar-refractivity contribution in [1.82, 2.24) is 10.6 Å². The topological polar surface area (TPSA) is 41.1 Å². The predicted octanol–water partition coefficient (Wildman–Crippen LogP) is 6.28. The van der Waals surface area contributed by atoms with Crippen LogP contribution >= 0.6 is 11.6 Å². The minimum atomic E-state index is -0.125. The first-order valence-electron chi connectivity index (χ1n) is 9.74. The highest BCUT2D eigenvalue weighted by molar-refractivity contribution is 6.32. The third-order valence-corrected chi connectivity index (χ3v) is 5.17. The number of benzene rings is 1. The summed E-state index contributed by atoms with van der Waals surface area (Å²) in [5.74, 6) is 0. The summed E-state index contributed by atoms with van der Waals surface area (Å²) in [5, 5.41) is 6.62. The standard InChI is InChI=1S/C21H31ClN2O/c22-20-15-11-10-12-18(20)16-17-23-21(25)24-19-13-8-6-4-2-1-3-5-7-9-14-19/h10-12,15-17,19H,1-9,13-14H2,(H2,23,24,25)/b17-16+. The average Bonchev–Trinajstić information content (AvgIpc) is 2.59. The van der Waals surface area contributed by atoms with Crippen LogP contribution in [0.1, 0.15) is 76.2 Å². The zero-order valence-corrected chi connectivity index (χ0v) is 15.9. The first kappa shape index (κ1) is 19.8. The van der Waals surface area contributed by atoms with Crippen LogP contribution < -0.4 is 10.6 Å². The second-order valence-corrected chi connectivity index (χ2v) is 7.34. The van der Waals surface area contributed by atoms with E-state index in [2.05, 4.69) is 10.6 Å². The van der Waals surface area contributed by atoms with Crippen LogP contribution in [0.15, 0.2) is 30.5 Å². The summed E-state index contributed by atoms with van der Waals surface area (Å²) >= 11 is 6.10. The number of carbonyl (C=O) groups is 1. The first-order valence-corrected chi connectivity index (χ1v) is 10.1. The summed E-state index contributed by atoms with van der Waals surface area (Å²) in [6.07, 6.45) is 17.4. The number of carbonyl (C=O) groups excluding carboxylic acids is 1. The van der Waals surface area contributed by atoms with E-state index in [9.17, 15) is 4.79 Å². The van der Waals surface area contributed by atoms with Gasteiger partial charge in [-0.2, -0.15) is 0 Å². The molecule has 1 aliphatic carbocycles. The van der Waals surface area contributed by atoms with Crippen molar-refractivity contribution >= 4 is 23.7 Å². The van der Waals surface area contributed by atoms with Crippen LogP contribution in [0.25, 0.3) is 6.08 Å². The van der Waals surface area contributed by atoms with E-state index < -0.39 is 0 Å². The monoisotopic (exact) mass is 362 g/mol. The Morgan fingerprint density at radius 1 is 0.920 bits per heavy atom. The highest BCUT2D eigenvalue weighted by Crippen LogP contribution is 2.17. The fourth-order valence-corrected chi connectivity index (χ4v) is 3.55. The van der Waals surface area contributed by atoms with Crippen LogP contribution in [0, 0.1) is 0 Å². The molecule has 1 aromatic rings. The van der Waals surface area contributed by atoms with Crippen LogP contribution in [-0.4, -0.2) is 12.1 Å². The van der Waals surface area contributed by atoms with E-state index in [0.29, 0.717) is 5.02 Å². The molecule has 4 heteroatoms. The SMILES string of the molecule is O=C(N/C=C/c1ccccc1Cl)NC1CCCCCCCCCCC1. The number of rotatable bonds is 3. The molecule has 0 unspecified atom stereocenters. The van der Waals surface area contributed by atoms with E-state index >= 15 is 0 Å². The van der Waals surface area contributed by atoms with Crippen LogP contribution in [0.5, 0.6) is 0 Å². The lowest BCUT2D eigenvalue weighted by Crippen LogP contribution is -2.40. The van der Waals surface area contributed by atoms with Gasteiger partial charge in [0.15, 0.2) is 0 Å². The van der Waals surface area contributed by atoms with Gasteiger partial charge in [-0.25, -0.2) is 4.79 Å². The highest BCUT2D eigenvalue weighted by Gasteiger charge is 2.11. The molecule has 25 heavy (non-hydrogen) atoms. The number of amides is 2. The van der Waals surface area contributed by atoms with Crippen molar-refractivity contribution in [2.45, 2.75) is 76.7 Å². The fourth-order valence-electron chi connectivity index (χ4n) is 3.35. The van der Waals surface area contributed by atoms with E-state index in [1.807, 2.05) is 30.3 Å². The minimum absolute atomic E-state index is 0.125. The molecule has 0 bridgehead atoms. The quantitative estimate of drug-likeness (QED) is 0.652. The molecule has 0 saturated heterocycles. The molecule has 1 saturated carbocycles. The maximum Gasteiger partial charge on any atom is 0.318 e. The highest BCUT2D eigenvalue weighted by atomic mass is 35.5. The molecule has 3 nitrogen and oxygen atoms in total. The van der Waals surface area contributed by atoms with Crippen molar-refractivity contribution in [3.05, 3.63) is 41.1 Å². The number of halogens is 1. The van der Waals surface area contributed by atoms with Gasteiger partial charge in [-0.3, -0.25) is 0 Å². The summed E-state index contributed by atoms with van der Waals surface area (Å²) in [6.45, 7) is 0. The summed E-state index contributed by atoms with van der Waals surface area (Å²) in [6, 6.07) is 7.74. The Labute approximate surface area is 157 Å². The largest absolute Gasteiger partial charge is 0.335 e. The molecule has 0 aliphatic heterocycles. The van der Waals surface area contributed by atoms with E-state index in [0.717, 1.165) is 18.4 Å². The van der Waals surface area contributed by atoms with Crippen LogP contribution in [0.4, 0.5) is 4.79 Å². The lowest BCUT2D eigenvalue weighted by molar-refractivity contribution is 0.238. The Morgan fingerprint density at radius 3 is 2.08 bits per heavy atom. The van der Waals surface area contributed by atoms with Gasteiger partial charge in [-0.1, -0.05) is 87.6 Å². The van der Waals surface area contributed by atoms with Crippen LogP contribution in [-0.2, 0) is 0 Å². The second kappa shape index (κ2) is 12.0. The van der Waals surface area contributed by atoms with Gasteiger partial charge < -0.3 is 10.6 Å². The van der Waals surface area contributed by atoms with Gasteiger partial charge >= 0.3 is 6.03 Å². The van der Waals surface area contributed by atoms with Gasteiger partial charge in [-0.15, -0.1) is 0 Å². The number of nitrogens with one attached hydrogen (secondary N) is 2. The number of urea groups is 1. The van der Waals surface area contributed by atoms with E-state index in [-0.39, 0.29) is 12.1 Å². The Balaban J connectivity index is 1.77. The van der Waals surface area contributed by atoms with E-state index in [1.165, 1.54) is 57.8 Å². The van der Waals surface area contributed by atoms with E-state index in [4.69, 9.17) is 11.6 Å². The Hall–Kier alpha value is -1.48. The Morgan fingerprint density at radius 2 is 1.48 bits per heavy atom. The molecule has 138 valence electrons. The van der Waals surface area contributed by atoms with Crippen molar-refractivity contribution < 1.29 is 4.79 Å². The fraction of sp³-hybridized carbons (Fsp3) is 0.571. The molecule has 0 aromatic heterocycles. The summed E-state index contributed by atoms with van der Waals surface area (Å²) in [4.78, 5) is 12.2. The smallest absolute Gasteiger partial charge is 0.318 e. The van der Waals surface area contributed by atoms with Crippen LogP contribution in [0.3, 0.4) is 0 Å². The second-order valence-electron chi connectivity index (χ2n) is 6.93. The van der Waals surface area contributed by atoms with Gasteiger partial charge in [0.1, 0.15) is 0 Å². The molecular weight excluding hydrogens is 332 g/mol. The Bertz CT molecular complexity index is 532. The first-order chi connectivity index (χ1) is 12.3. The van der Waals surface area contributed by atoms with Crippen molar-refractivity contribution in [3.63, 3.8) is 0 Å². The molecular formula is C21H31ClN2O. The minimum Gasteiger partial charge on any atom is -0.335 e. The van der Waals surface area contributed by atoms with Crippen LogP contribution in [0.2, 0.25) is 5.02 Å². The lowest BCUT2D eigenvalue weighted by Gasteiger charge is -2.19. The predicted molar refractivity (Wildman–Crippen MR) is 107 cm³/mol. The van der Waals surface area contributed by atoms with Gasteiger partial charge in [0.25, 0.3) is 0 Å². The zero-order valence-electron chi connectivity index (χ0n) is 15.1. The third-order valence-electron chi connectivity index (χ3n) is 4.82. The molecule has 2 rings (SSSR count). The Kier molecular flexibility index (Phi) is 9.50. The van der Waals surface area contributed by atoms with E-state index in [1.54, 1.807) is 6.20 Å². The van der Waals surface area contributed by atoms with Crippen molar-refractivity contribution in [3.8, 4) is 0 Å². The van der Waals surface area contributed by atoms with Gasteiger partial charge in [0, 0.05) is 17.3 Å². The molecule has 1 aliphatic rings. The molecule has 0 radical (unpaired) electrons. The van der Waals surface area contributed by atoms with Crippen molar-refractivity contribution in [2.75, 3.05) is 0 Å². The summed E-state index contributed by atoms with van der Waals surface area (Å²) in [7, 11) is 0. The number of hydrogen-bond donors (Lipinski definition) is 2. The van der Waals surface area contributed by atoms with Crippen molar-refractivity contribution in [2.24, 2.45) is 0 Å². The zero-order chi connectivity index (χ0) is 17.7. The molecule has 0 heterocycles. The van der Waals surface area contributed by atoms with Gasteiger partial charge in [0.05, 0.1) is 0 Å². The number of hydrogen-bond acceptors (Lipinski definition) is 1. The third kappa shape index (κ3) is 8.44. The summed E-state index contributed by atoms with van der Waals surface area (Å²) in [5.41, 5.74) is 0.899. The molecule has 0 spiro atoms. The lowest BCUT2D eigenvalue weighted by atomic mass is 9.98. The van der Waals surface area contributed by atoms with Gasteiger partial charge in [-0.05, 0) is 30.5 Å². The summed E-state index contributed by atoms with van der Waals surface area (Å²) < 4.78 is 0. The van der Waals surface area contributed by atoms with Gasteiger partial charge in [0.2, 0.25) is 0 Å². The molecule has 2 amide bonds. The average molecular weight is 363 g/mol. The molecule has 0 atom stereocenters. The maximum absolute atomic E-state index is 12.2. The molecule has 1 aromatic carbocycles. The maximum atomic E-state index is 12.2. The van der Waals surface area contributed by atoms with Crippen molar-refractivity contribution in [1.29, 1.82) is 0 Å².